The van der Waals surface area contributed by atoms with Gasteiger partial charge in [0.1, 0.15) is 5.82 Å². The lowest BCUT2D eigenvalue weighted by Crippen LogP contribution is -2.38. The van der Waals surface area contributed by atoms with Gasteiger partial charge in [-0.15, -0.1) is 0 Å². The second-order valence-electron chi connectivity index (χ2n) is 5.09. The molecule has 0 bridgehead atoms. The van der Waals surface area contributed by atoms with Gasteiger partial charge in [0.25, 0.3) is 5.91 Å². The third kappa shape index (κ3) is 4.27. The van der Waals surface area contributed by atoms with Crippen molar-refractivity contribution >= 4 is 28.9 Å². The van der Waals surface area contributed by atoms with Crippen molar-refractivity contribution in [2.75, 3.05) is 10.4 Å². The molecule has 0 aliphatic carbocycles. The fourth-order valence-corrected chi connectivity index (χ4v) is 2.12. The second-order valence-corrected chi connectivity index (χ2v) is 5.09. The number of aromatic nitrogens is 1. The van der Waals surface area contributed by atoms with Gasteiger partial charge in [0.2, 0.25) is 5.84 Å². The number of anilines is 2. The molecule has 0 unspecified atom stereocenters. The van der Waals surface area contributed by atoms with Crippen molar-refractivity contribution in [3.63, 3.8) is 0 Å². The van der Waals surface area contributed by atoms with E-state index in [0.717, 1.165) is 5.06 Å². The fourth-order valence-electron chi connectivity index (χ4n) is 2.12. The SMILES string of the molecule is O=C(Nc1ccccn1)C(=Nc1ccccc1)N(O)c1ccccc1. The summed E-state index contributed by atoms with van der Waals surface area (Å²) in [6.07, 6.45) is 1.57. The van der Waals surface area contributed by atoms with Crippen LogP contribution in [0.3, 0.4) is 0 Å². The number of aliphatic imine (C=N–C) groups is 1. The summed E-state index contributed by atoms with van der Waals surface area (Å²) in [5.74, 6) is -0.369. The molecule has 2 N–H and O–H groups in total. The summed E-state index contributed by atoms with van der Waals surface area (Å²) < 4.78 is 0. The molecule has 1 amide bonds. The van der Waals surface area contributed by atoms with Gasteiger partial charge < -0.3 is 5.32 Å². The summed E-state index contributed by atoms with van der Waals surface area (Å²) in [7, 11) is 0. The van der Waals surface area contributed by atoms with Crippen molar-refractivity contribution in [3.8, 4) is 0 Å². The Morgan fingerprint density at radius 1 is 0.920 bits per heavy atom. The molecule has 0 saturated carbocycles. The van der Waals surface area contributed by atoms with Gasteiger partial charge in [-0.05, 0) is 36.4 Å². The highest BCUT2D eigenvalue weighted by Gasteiger charge is 2.20. The Labute approximate surface area is 145 Å². The number of amidine groups is 1. The quantitative estimate of drug-likeness (QED) is 0.436. The highest BCUT2D eigenvalue weighted by molar-refractivity contribution is 6.46. The van der Waals surface area contributed by atoms with Crippen molar-refractivity contribution in [2.24, 2.45) is 4.99 Å². The lowest BCUT2D eigenvalue weighted by Gasteiger charge is -2.18. The number of pyridine rings is 1. The van der Waals surface area contributed by atoms with Crippen LogP contribution in [0.5, 0.6) is 0 Å². The van der Waals surface area contributed by atoms with E-state index in [1.54, 1.807) is 72.9 Å². The molecule has 25 heavy (non-hydrogen) atoms. The minimum atomic E-state index is -0.575. The molecule has 124 valence electrons. The number of hydrogen-bond acceptors (Lipinski definition) is 4. The van der Waals surface area contributed by atoms with E-state index in [4.69, 9.17) is 0 Å². The highest BCUT2D eigenvalue weighted by atomic mass is 16.5. The molecular weight excluding hydrogens is 316 g/mol. The fraction of sp³-hybridized carbons (Fsp3) is 0. The number of para-hydroxylation sites is 2. The minimum Gasteiger partial charge on any atom is -0.304 e. The summed E-state index contributed by atoms with van der Waals surface area (Å²) in [4.78, 5) is 21.0. The van der Waals surface area contributed by atoms with Gasteiger partial charge in [0, 0.05) is 6.20 Å². The Hall–Kier alpha value is -3.51. The van der Waals surface area contributed by atoms with E-state index in [1.807, 2.05) is 12.1 Å². The molecule has 1 aromatic heterocycles. The van der Waals surface area contributed by atoms with E-state index in [1.165, 1.54) is 0 Å². The molecule has 1 heterocycles. The van der Waals surface area contributed by atoms with Crippen LogP contribution < -0.4 is 10.4 Å². The van der Waals surface area contributed by atoms with Gasteiger partial charge in [0.15, 0.2) is 0 Å². The molecule has 0 aliphatic heterocycles. The third-order valence-electron chi connectivity index (χ3n) is 3.30. The number of carbonyl (C=O) groups is 1. The molecule has 6 heteroatoms. The first-order chi connectivity index (χ1) is 12.2. The predicted octanol–water partition coefficient (Wildman–Crippen LogP) is 3.65. The average molecular weight is 332 g/mol. The number of nitrogens with zero attached hydrogens (tertiary/aromatic N) is 3. The van der Waals surface area contributed by atoms with Crippen LogP contribution in [0.1, 0.15) is 0 Å². The minimum absolute atomic E-state index is 0.164. The maximum absolute atomic E-state index is 12.6. The Morgan fingerprint density at radius 3 is 2.20 bits per heavy atom. The zero-order valence-corrected chi connectivity index (χ0v) is 13.3. The molecule has 2 aromatic carbocycles. The van der Waals surface area contributed by atoms with Crippen molar-refractivity contribution in [1.29, 1.82) is 0 Å². The van der Waals surface area contributed by atoms with Gasteiger partial charge in [-0.2, -0.15) is 0 Å². The molecule has 0 aliphatic rings. The predicted molar refractivity (Wildman–Crippen MR) is 97.1 cm³/mol. The van der Waals surface area contributed by atoms with Crippen LogP contribution in [0, 0.1) is 0 Å². The van der Waals surface area contributed by atoms with Crippen LogP contribution in [0.2, 0.25) is 0 Å². The van der Waals surface area contributed by atoms with Gasteiger partial charge in [0.05, 0.1) is 11.4 Å². The normalized spacial score (nSPS) is 11.0. The summed E-state index contributed by atoms with van der Waals surface area (Å²) in [5, 5.41) is 13.9. The van der Waals surface area contributed by atoms with E-state index in [9.17, 15) is 10.0 Å². The molecule has 0 spiro atoms. The van der Waals surface area contributed by atoms with Gasteiger partial charge >= 0.3 is 0 Å². The van der Waals surface area contributed by atoms with Gasteiger partial charge in [-0.1, -0.05) is 42.5 Å². The second kappa shape index (κ2) is 7.85. The third-order valence-corrected chi connectivity index (χ3v) is 3.30. The lowest BCUT2D eigenvalue weighted by molar-refractivity contribution is -0.110. The molecule has 3 rings (SSSR count). The maximum Gasteiger partial charge on any atom is 0.295 e. The van der Waals surface area contributed by atoms with Crippen molar-refractivity contribution < 1.29 is 10.0 Å². The van der Waals surface area contributed by atoms with Crippen molar-refractivity contribution in [3.05, 3.63) is 85.1 Å². The van der Waals surface area contributed by atoms with Crippen LogP contribution in [0.4, 0.5) is 17.2 Å². The molecule has 3 aromatic rings. The Kier molecular flexibility index (Phi) is 5.13. The molecule has 0 atom stereocenters. The van der Waals surface area contributed by atoms with E-state index in [0.29, 0.717) is 17.2 Å². The zero-order valence-electron chi connectivity index (χ0n) is 13.3. The van der Waals surface area contributed by atoms with Gasteiger partial charge in [-0.3, -0.25) is 10.0 Å². The number of hydroxylamine groups is 1. The first kappa shape index (κ1) is 16.4. The maximum atomic E-state index is 12.6. The summed E-state index contributed by atoms with van der Waals surface area (Å²) in [6, 6.07) is 22.8. The zero-order chi connectivity index (χ0) is 17.5. The molecule has 6 nitrogen and oxygen atoms in total. The average Bonchev–Trinajstić information content (AvgIpc) is 2.68. The topological polar surface area (TPSA) is 77.8 Å². The Balaban J connectivity index is 1.94. The molecular formula is C19H16N4O2. The van der Waals surface area contributed by atoms with Crippen LogP contribution in [-0.2, 0) is 4.79 Å². The molecule has 0 radical (unpaired) electrons. The van der Waals surface area contributed by atoms with E-state index >= 15 is 0 Å². The van der Waals surface area contributed by atoms with E-state index in [2.05, 4.69) is 15.3 Å². The van der Waals surface area contributed by atoms with Crippen LogP contribution in [-0.4, -0.2) is 21.9 Å². The van der Waals surface area contributed by atoms with Gasteiger partial charge in [-0.25, -0.2) is 15.0 Å². The summed E-state index contributed by atoms with van der Waals surface area (Å²) in [6.45, 7) is 0. The smallest absolute Gasteiger partial charge is 0.295 e. The molecule has 0 fully saturated rings. The number of rotatable bonds is 3. The summed E-state index contributed by atoms with van der Waals surface area (Å²) in [5.41, 5.74) is 0.969. The first-order valence-electron chi connectivity index (χ1n) is 7.64. The Morgan fingerprint density at radius 2 is 1.56 bits per heavy atom. The van der Waals surface area contributed by atoms with Crippen molar-refractivity contribution in [2.45, 2.75) is 0 Å². The van der Waals surface area contributed by atoms with Crippen LogP contribution in [0.15, 0.2) is 90.1 Å². The number of amides is 1. The van der Waals surface area contributed by atoms with Crippen molar-refractivity contribution in [1.82, 2.24) is 4.98 Å². The van der Waals surface area contributed by atoms with E-state index < -0.39 is 5.91 Å². The summed E-state index contributed by atoms with van der Waals surface area (Å²) >= 11 is 0. The monoisotopic (exact) mass is 332 g/mol. The number of hydrogen-bond donors (Lipinski definition) is 2. The van der Waals surface area contributed by atoms with Crippen LogP contribution in [0.25, 0.3) is 0 Å². The highest BCUT2D eigenvalue weighted by Crippen LogP contribution is 2.17. The standard InChI is InChI=1S/C19H16N4O2/c24-19(22-17-13-7-8-14-20-17)18(21-15-9-3-1-4-10-15)23(25)16-11-5-2-6-12-16/h1-14,25H,(H,20,22,24). The number of carbonyl (C=O) groups excluding carboxylic acids is 1. The first-order valence-corrected chi connectivity index (χ1v) is 7.64. The lowest BCUT2D eigenvalue weighted by atomic mass is 10.3. The van der Waals surface area contributed by atoms with Crippen LogP contribution >= 0.6 is 0 Å². The number of nitrogens with one attached hydrogen (secondary N) is 1. The van der Waals surface area contributed by atoms with E-state index in [-0.39, 0.29) is 5.84 Å². The number of benzene rings is 2. The largest absolute Gasteiger partial charge is 0.304 e. The molecule has 0 saturated heterocycles. The Bertz CT molecular complexity index is 852.